The molecule has 0 saturated carbocycles. The van der Waals surface area contributed by atoms with Crippen molar-refractivity contribution in [1.29, 1.82) is 0 Å². The number of nitrogens with zero attached hydrogens (tertiary/aromatic N) is 4. The van der Waals surface area contributed by atoms with E-state index < -0.39 is 10.1 Å². The summed E-state index contributed by atoms with van der Waals surface area (Å²) < 4.78 is 38.9. The molecule has 0 aliphatic carbocycles. The van der Waals surface area contributed by atoms with Crippen molar-refractivity contribution in [2.75, 3.05) is 32.6 Å². The topological polar surface area (TPSA) is 96.2 Å². The summed E-state index contributed by atoms with van der Waals surface area (Å²) in [6.07, 6.45) is 3.70. The van der Waals surface area contributed by atoms with E-state index >= 15 is 0 Å². The largest absolute Gasteiger partial charge is 0.744 e. The molecule has 0 aromatic heterocycles. The first-order valence-electron chi connectivity index (χ1n) is 12.7. The van der Waals surface area contributed by atoms with Gasteiger partial charge in [-0.1, -0.05) is 48.0 Å². The van der Waals surface area contributed by atoms with Crippen molar-refractivity contribution >= 4 is 33.4 Å². The molecule has 5 rings (SSSR count). The summed E-state index contributed by atoms with van der Waals surface area (Å²) in [5, 5.41) is 0. The number of allylic oxidation sites excluding steroid dienone is 2. The second-order valence-corrected chi connectivity index (χ2v) is 10.7. The second kappa shape index (κ2) is 11.8. The van der Waals surface area contributed by atoms with Crippen molar-refractivity contribution in [2.24, 2.45) is 0 Å². The van der Waals surface area contributed by atoms with Gasteiger partial charge in [-0.05, 0) is 56.3 Å². The first-order chi connectivity index (χ1) is 19.0. The predicted octanol–water partition coefficient (Wildman–Crippen LogP) is 4.26. The van der Waals surface area contributed by atoms with E-state index in [1.54, 1.807) is 16.7 Å². The van der Waals surface area contributed by atoms with Crippen LogP contribution in [0.2, 0.25) is 0 Å². The Kier molecular flexibility index (Phi) is 8.41. The van der Waals surface area contributed by atoms with Crippen LogP contribution < -0.4 is 9.64 Å². The molecule has 1 amide bonds. The smallest absolute Gasteiger partial charge is 0.367 e. The zero-order valence-electron chi connectivity index (χ0n) is 23.1. The highest BCUT2D eigenvalue weighted by molar-refractivity contribution is 7.85. The molecule has 10 heteroatoms. The van der Waals surface area contributed by atoms with Gasteiger partial charge in [0.05, 0.1) is 31.7 Å². The van der Waals surface area contributed by atoms with Crippen LogP contribution in [0.25, 0.3) is 0 Å². The molecule has 0 unspecified atom stereocenters. The Morgan fingerprint density at radius 1 is 0.950 bits per heavy atom. The first-order valence-corrected chi connectivity index (χ1v) is 14.1. The Hall–Kier alpha value is -4.41. The van der Waals surface area contributed by atoms with Gasteiger partial charge in [-0.2, -0.15) is 4.58 Å². The van der Waals surface area contributed by atoms with Crippen LogP contribution in [-0.2, 0) is 14.9 Å². The molecule has 3 aromatic rings. The number of hydrogen-bond acceptors (Lipinski definition) is 8. The summed E-state index contributed by atoms with van der Waals surface area (Å²) >= 11 is 0. The van der Waals surface area contributed by atoms with Crippen LogP contribution in [0.3, 0.4) is 0 Å². The van der Waals surface area contributed by atoms with Crippen LogP contribution >= 0.6 is 0 Å². The lowest BCUT2D eigenvalue weighted by molar-refractivity contribution is -0.363. The fourth-order valence-corrected chi connectivity index (χ4v) is 4.93. The number of carbonyl (C=O) groups excluding carboxylic acids is 1. The van der Waals surface area contributed by atoms with E-state index in [2.05, 4.69) is 11.8 Å². The number of rotatable bonds is 4. The van der Waals surface area contributed by atoms with Crippen LogP contribution in [-0.4, -0.2) is 66.9 Å². The van der Waals surface area contributed by atoms with Gasteiger partial charge >= 0.3 is 11.9 Å². The summed E-state index contributed by atoms with van der Waals surface area (Å²) in [5.74, 6) is 2.27. The lowest BCUT2D eigenvalue weighted by Crippen LogP contribution is -2.36. The van der Waals surface area contributed by atoms with E-state index in [4.69, 9.17) is 4.74 Å². The van der Waals surface area contributed by atoms with Crippen molar-refractivity contribution in [1.82, 2.24) is 9.80 Å². The molecule has 2 aliphatic rings. The molecule has 2 heterocycles. The maximum Gasteiger partial charge on any atom is 0.367 e. The second-order valence-electron chi connectivity index (χ2n) is 9.37. The SMILES string of the molecule is CCN1C(=CC=C2C(=O)[N+](c3ccccc3)=C(N(C)C)N2C)Oc2ccccc21.Cc1ccc(S(=O)(=O)[O-])cc1. The molecule has 9 nitrogen and oxygen atoms in total. The van der Waals surface area contributed by atoms with Gasteiger partial charge < -0.3 is 14.2 Å². The van der Waals surface area contributed by atoms with Crippen LogP contribution in [0.1, 0.15) is 12.5 Å². The Morgan fingerprint density at radius 2 is 1.57 bits per heavy atom. The third-order valence-corrected chi connectivity index (χ3v) is 7.19. The number of para-hydroxylation sites is 3. The van der Waals surface area contributed by atoms with E-state index in [-0.39, 0.29) is 10.8 Å². The highest BCUT2D eigenvalue weighted by Gasteiger charge is 2.41. The highest BCUT2D eigenvalue weighted by Crippen LogP contribution is 2.38. The molecular weight excluding hydrogens is 528 g/mol. The van der Waals surface area contributed by atoms with E-state index in [0.29, 0.717) is 11.6 Å². The quantitative estimate of drug-likeness (QED) is 0.265. The van der Waals surface area contributed by atoms with Crippen molar-refractivity contribution in [3.05, 3.63) is 108 Å². The van der Waals surface area contributed by atoms with E-state index in [9.17, 15) is 17.8 Å². The number of fused-ring (bicyclic) bond motifs is 1. The van der Waals surface area contributed by atoms with Crippen LogP contribution in [0, 0.1) is 6.92 Å². The van der Waals surface area contributed by atoms with Gasteiger partial charge in [-0.15, -0.1) is 0 Å². The molecule has 208 valence electrons. The average molecular weight is 561 g/mol. The van der Waals surface area contributed by atoms with Gasteiger partial charge in [-0.3, -0.25) is 4.90 Å². The monoisotopic (exact) mass is 560 g/mol. The van der Waals surface area contributed by atoms with Gasteiger partial charge in [0.1, 0.15) is 15.8 Å². The number of aryl methyl sites for hydroxylation is 1. The summed E-state index contributed by atoms with van der Waals surface area (Å²) in [5.41, 5.74) is 3.39. The normalized spacial score (nSPS) is 16.7. The van der Waals surface area contributed by atoms with Gasteiger partial charge in [0.25, 0.3) is 0 Å². The Bertz CT molecular complexity index is 1590. The Labute approximate surface area is 235 Å². The lowest BCUT2D eigenvalue weighted by atomic mass is 10.2. The molecule has 0 spiro atoms. The molecule has 0 fully saturated rings. The summed E-state index contributed by atoms with van der Waals surface area (Å²) in [6, 6.07) is 23.4. The summed E-state index contributed by atoms with van der Waals surface area (Å²) in [4.78, 5) is 19.1. The standard InChI is InChI=1S/C23H25N4O2.C7H8O3S/c1-5-26-18-13-9-10-14-20(18)29-21(26)16-15-19-22(28)27(17-11-7-6-8-12-17)23(24(2)3)25(19)4;1-6-2-4-7(5-3-6)11(8,9)10/h6-16H,5H2,1-4H3;2-5H,1H3,(H,8,9,10)/q+1;/p-1. The third-order valence-electron chi connectivity index (χ3n) is 6.34. The van der Waals surface area contributed by atoms with Crippen LogP contribution in [0.4, 0.5) is 11.4 Å². The third kappa shape index (κ3) is 5.93. The lowest BCUT2D eigenvalue weighted by Gasteiger charge is -2.15. The molecule has 0 saturated heterocycles. The van der Waals surface area contributed by atoms with E-state index in [1.807, 2.05) is 105 Å². The zero-order chi connectivity index (χ0) is 29.0. The maximum absolute atomic E-state index is 13.3. The predicted molar refractivity (Wildman–Crippen MR) is 153 cm³/mol. The molecular formula is C30H32N4O5S. The highest BCUT2D eigenvalue weighted by atomic mass is 32.2. The molecule has 0 bridgehead atoms. The molecule has 40 heavy (non-hydrogen) atoms. The number of benzene rings is 3. The Morgan fingerprint density at radius 3 is 2.17 bits per heavy atom. The molecule has 2 aliphatic heterocycles. The van der Waals surface area contributed by atoms with Gasteiger partial charge in [0, 0.05) is 12.6 Å². The minimum atomic E-state index is -4.27. The molecule has 0 N–H and O–H groups in total. The number of amides is 1. The molecule has 0 radical (unpaired) electrons. The van der Waals surface area contributed by atoms with Crippen molar-refractivity contribution in [3.63, 3.8) is 0 Å². The van der Waals surface area contributed by atoms with E-state index in [0.717, 1.165) is 35.2 Å². The van der Waals surface area contributed by atoms with Crippen molar-refractivity contribution < 1.29 is 27.1 Å². The summed E-state index contributed by atoms with van der Waals surface area (Å²) in [6.45, 7) is 4.68. The minimum Gasteiger partial charge on any atom is -0.744 e. The maximum atomic E-state index is 13.3. The fraction of sp³-hybridized carbons (Fsp3) is 0.200. The van der Waals surface area contributed by atoms with Crippen LogP contribution in [0.15, 0.2) is 107 Å². The van der Waals surface area contributed by atoms with Gasteiger partial charge in [0.2, 0.25) is 5.88 Å². The first kappa shape index (κ1) is 28.6. The minimum absolute atomic E-state index is 0.0715. The average Bonchev–Trinajstić information content (AvgIpc) is 3.41. The zero-order valence-corrected chi connectivity index (χ0v) is 23.9. The van der Waals surface area contributed by atoms with E-state index in [1.165, 1.54) is 12.1 Å². The van der Waals surface area contributed by atoms with Crippen molar-refractivity contribution in [2.45, 2.75) is 18.7 Å². The van der Waals surface area contributed by atoms with Crippen LogP contribution in [0.5, 0.6) is 5.75 Å². The number of anilines is 1. The van der Waals surface area contributed by atoms with Gasteiger partial charge in [-0.25, -0.2) is 18.1 Å². The number of carbonyl (C=O) groups is 1. The number of ether oxygens (including phenoxy) is 1. The molecule has 0 atom stereocenters. The number of hydrogen-bond donors (Lipinski definition) is 0. The Balaban J connectivity index is 0.000000283. The number of likely N-dealkylation sites (N-methyl/N-ethyl adjacent to an activating group) is 1. The molecule has 3 aromatic carbocycles. The summed E-state index contributed by atoms with van der Waals surface area (Å²) in [7, 11) is 1.51. The fourth-order valence-electron chi connectivity index (χ4n) is 4.46. The number of guanidine groups is 1. The van der Waals surface area contributed by atoms with Crippen molar-refractivity contribution in [3.8, 4) is 5.75 Å². The van der Waals surface area contributed by atoms with Gasteiger partial charge in [0.15, 0.2) is 11.4 Å².